The summed E-state index contributed by atoms with van der Waals surface area (Å²) in [6.45, 7) is 4.32. The number of anilines is 3. The van der Waals surface area contributed by atoms with E-state index in [1.54, 1.807) is 13.1 Å². The Bertz CT molecular complexity index is 1560. The van der Waals surface area contributed by atoms with Gasteiger partial charge in [-0.15, -0.1) is 0 Å². The number of halogens is 2. The molecule has 1 amide bonds. The SMILES string of the molecule is CC(=O)O.CCOC(=O)C1(CN(c2nc(Cl)ncc2[N+](=O)[O-])C2CCCC2)CC1.O=C1Nc2cnc(Cl)nc2N(C2CCCC2)CC12CC2.[Fe]. The second kappa shape index (κ2) is 16.8. The fourth-order valence-corrected chi connectivity index (χ4v) is 7.17. The first-order chi connectivity index (χ1) is 23.4. The number of nitrogens with one attached hydrogen (secondary N) is 1. The van der Waals surface area contributed by atoms with Gasteiger partial charge in [-0.1, -0.05) is 25.7 Å². The van der Waals surface area contributed by atoms with Crippen molar-refractivity contribution in [3.63, 3.8) is 0 Å². The average Bonchev–Trinajstić information content (AvgIpc) is 3.88. The van der Waals surface area contributed by atoms with Gasteiger partial charge in [0.15, 0.2) is 5.82 Å². The minimum atomic E-state index is -0.833. The number of carboxylic acids is 1. The topological polar surface area (TPSA) is 194 Å². The van der Waals surface area contributed by atoms with Crippen LogP contribution in [0.2, 0.25) is 10.6 Å². The number of fused-ring (bicyclic) bond motifs is 1. The number of carbonyl (C=O) groups excluding carboxylic acids is 2. The van der Waals surface area contributed by atoms with Crippen molar-refractivity contribution < 1.29 is 46.2 Å². The standard InChI is InChI=1S/C16H21ClN4O4.C14H17ClN4O.C2H4O2.Fe/c1-2-25-14(22)16(7-8-16)10-20(11-5-3-4-6-11)13-12(21(23)24)9-18-15(17)19-13;15-13-16-7-10-11(18-13)19(9-3-1-2-4-9)8-14(5-6-14)12(20)17-10;1-2(3)4;/h9,11H,2-8,10H2,1H3;7,9H,1-6,8H2,(H,17,20);1H3,(H,3,4);. The van der Waals surface area contributed by atoms with Gasteiger partial charge >= 0.3 is 11.7 Å². The monoisotopic (exact) mass is 776 g/mol. The van der Waals surface area contributed by atoms with Gasteiger partial charge in [0, 0.05) is 49.2 Å². The summed E-state index contributed by atoms with van der Waals surface area (Å²) >= 11 is 11.9. The fourth-order valence-electron chi connectivity index (χ4n) is 6.91. The number of nitrogens with zero attached hydrogens (tertiary/aromatic N) is 7. The summed E-state index contributed by atoms with van der Waals surface area (Å²) in [5.41, 5.74) is -0.286. The molecule has 3 heterocycles. The number of hydrogen-bond donors (Lipinski definition) is 2. The second-order valence-electron chi connectivity index (χ2n) is 13.4. The van der Waals surface area contributed by atoms with Crippen LogP contribution >= 0.6 is 23.2 Å². The summed E-state index contributed by atoms with van der Waals surface area (Å²) in [6, 6.07) is 0.585. The molecule has 5 aliphatic rings. The molecule has 4 aliphatic carbocycles. The first kappa shape index (κ1) is 39.5. The predicted molar refractivity (Wildman–Crippen MR) is 182 cm³/mol. The molecule has 15 nitrogen and oxygen atoms in total. The molecule has 2 aromatic heterocycles. The maximum absolute atomic E-state index is 12.4. The van der Waals surface area contributed by atoms with E-state index in [0.717, 1.165) is 76.8 Å². The molecule has 2 aromatic rings. The Morgan fingerprint density at radius 3 is 2.20 bits per heavy atom. The molecule has 0 radical (unpaired) electrons. The third kappa shape index (κ3) is 9.31. The number of rotatable bonds is 8. The smallest absolute Gasteiger partial charge is 0.329 e. The maximum atomic E-state index is 12.4. The van der Waals surface area contributed by atoms with Crippen LogP contribution in [-0.2, 0) is 36.2 Å². The van der Waals surface area contributed by atoms with Crippen LogP contribution in [0, 0.1) is 20.9 Å². The first-order valence-electron chi connectivity index (χ1n) is 16.8. The number of carboxylic acid groups (broad SMARTS) is 1. The van der Waals surface area contributed by atoms with Gasteiger partial charge in [-0.2, -0.15) is 9.97 Å². The molecule has 7 rings (SSSR count). The molecule has 0 atom stereocenters. The Kier molecular flexibility index (Phi) is 13.2. The van der Waals surface area contributed by atoms with Crippen molar-refractivity contribution in [3.05, 3.63) is 33.1 Å². The van der Waals surface area contributed by atoms with Crippen molar-refractivity contribution in [2.75, 3.05) is 34.8 Å². The van der Waals surface area contributed by atoms with Crippen LogP contribution in [0.15, 0.2) is 12.4 Å². The number of aliphatic carboxylic acids is 1. The quantitative estimate of drug-likeness (QED) is 0.107. The van der Waals surface area contributed by atoms with Crippen LogP contribution in [0.5, 0.6) is 0 Å². The van der Waals surface area contributed by atoms with Gasteiger partial charge in [0.05, 0.1) is 28.6 Å². The minimum Gasteiger partial charge on any atom is -0.481 e. The molecule has 0 aromatic carbocycles. The number of amides is 1. The summed E-state index contributed by atoms with van der Waals surface area (Å²) in [6.07, 6.45) is 14.9. The molecule has 4 saturated carbocycles. The second-order valence-corrected chi connectivity index (χ2v) is 14.0. The van der Waals surface area contributed by atoms with Gasteiger partial charge in [-0.05, 0) is 81.5 Å². The van der Waals surface area contributed by atoms with Crippen molar-refractivity contribution >= 4 is 64.1 Å². The van der Waals surface area contributed by atoms with Gasteiger partial charge < -0.3 is 25.0 Å². The zero-order chi connectivity index (χ0) is 35.3. The number of nitro groups is 1. The van der Waals surface area contributed by atoms with Crippen molar-refractivity contribution in [2.45, 2.75) is 103 Å². The minimum absolute atomic E-state index is 0. The molecule has 1 spiro atoms. The first-order valence-corrected chi connectivity index (χ1v) is 17.5. The van der Waals surface area contributed by atoms with E-state index in [2.05, 4.69) is 30.2 Å². The Morgan fingerprint density at radius 2 is 1.64 bits per heavy atom. The van der Waals surface area contributed by atoms with Crippen molar-refractivity contribution in [3.8, 4) is 0 Å². The van der Waals surface area contributed by atoms with Gasteiger partial charge in [0.25, 0.3) is 5.97 Å². The largest absolute Gasteiger partial charge is 0.481 e. The fraction of sp³-hybridized carbons (Fsp3) is 0.656. The normalized spacial score (nSPS) is 19.7. The Labute approximate surface area is 310 Å². The molecule has 0 saturated heterocycles. The van der Waals surface area contributed by atoms with Crippen LogP contribution < -0.4 is 15.1 Å². The van der Waals surface area contributed by atoms with Crippen LogP contribution in [0.4, 0.5) is 23.0 Å². The molecular weight excluding hydrogens is 735 g/mol. The number of esters is 1. The molecule has 0 unspecified atom stereocenters. The molecule has 4 fully saturated rings. The zero-order valence-electron chi connectivity index (χ0n) is 28.1. The van der Waals surface area contributed by atoms with E-state index < -0.39 is 16.3 Å². The number of carbonyl (C=O) groups is 3. The summed E-state index contributed by atoms with van der Waals surface area (Å²) in [4.78, 5) is 65.2. The molecular formula is C32H42Cl2FeN8O7. The van der Waals surface area contributed by atoms with E-state index in [4.69, 9.17) is 37.8 Å². The Balaban J connectivity index is 0.000000203. The molecule has 18 heteroatoms. The van der Waals surface area contributed by atoms with Crippen LogP contribution in [0.25, 0.3) is 0 Å². The van der Waals surface area contributed by atoms with Crippen molar-refractivity contribution in [1.82, 2.24) is 19.9 Å². The van der Waals surface area contributed by atoms with Crippen molar-refractivity contribution in [2.24, 2.45) is 10.8 Å². The maximum Gasteiger partial charge on any atom is 0.329 e. The predicted octanol–water partition coefficient (Wildman–Crippen LogP) is 5.83. The molecule has 274 valence electrons. The van der Waals surface area contributed by atoms with Gasteiger partial charge in [0.1, 0.15) is 11.9 Å². The number of ether oxygens (including phenoxy) is 1. The molecule has 1 aliphatic heterocycles. The van der Waals surface area contributed by atoms with Crippen LogP contribution in [-0.4, -0.2) is 79.6 Å². The van der Waals surface area contributed by atoms with Gasteiger partial charge in [-0.3, -0.25) is 24.5 Å². The Hall–Kier alpha value is -3.33. The van der Waals surface area contributed by atoms with Crippen LogP contribution in [0.3, 0.4) is 0 Å². The summed E-state index contributed by atoms with van der Waals surface area (Å²) in [7, 11) is 0. The zero-order valence-corrected chi connectivity index (χ0v) is 30.7. The van der Waals surface area contributed by atoms with Crippen molar-refractivity contribution in [1.29, 1.82) is 0 Å². The van der Waals surface area contributed by atoms with E-state index in [0.29, 0.717) is 24.9 Å². The number of hydrogen-bond acceptors (Lipinski definition) is 12. The Morgan fingerprint density at radius 1 is 1.06 bits per heavy atom. The molecule has 50 heavy (non-hydrogen) atoms. The van der Waals surface area contributed by atoms with Gasteiger partial charge in [0.2, 0.25) is 22.3 Å². The van der Waals surface area contributed by atoms with E-state index in [-0.39, 0.29) is 62.5 Å². The summed E-state index contributed by atoms with van der Waals surface area (Å²) in [5, 5.41) is 22.0. The third-order valence-corrected chi connectivity index (χ3v) is 10.2. The summed E-state index contributed by atoms with van der Waals surface area (Å²) < 4.78 is 5.21. The van der Waals surface area contributed by atoms with E-state index in [1.165, 1.54) is 25.7 Å². The van der Waals surface area contributed by atoms with Gasteiger partial charge in [-0.25, -0.2) is 9.97 Å². The van der Waals surface area contributed by atoms with E-state index in [1.807, 2.05) is 4.90 Å². The molecule has 2 N–H and O–H groups in total. The van der Waals surface area contributed by atoms with E-state index >= 15 is 0 Å². The van der Waals surface area contributed by atoms with E-state index in [9.17, 15) is 19.7 Å². The van der Waals surface area contributed by atoms with Crippen LogP contribution in [0.1, 0.15) is 90.9 Å². The third-order valence-electron chi connectivity index (χ3n) is 9.82. The summed E-state index contributed by atoms with van der Waals surface area (Å²) in [5.74, 6) is 0.0486. The molecule has 0 bridgehead atoms. The number of aromatic nitrogens is 4. The average molecular weight is 777 g/mol.